The minimum atomic E-state index is -4.32. The lowest BCUT2D eigenvalue weighted by molar-refractivity contribution is 0.0174. The van der Waals surface area contributed by atoms with Gasteiger partial charge in [-0.2, -0.15) is 10.5 Å². The minimum Gasteiger partial charge on any atom is -0.256 e. The van der Waals surface area contributed by atoms with Crippen LogP contribution in [-0.2, 0) is 15.9 Å². The summed E-state index contributed by atoms with van der Waals surface area (Å²) in [5.41, 5.74) is 0.484. The molecule has 188 valence electrons. The summed E-state index contributed by atoms with van der Waals surface area (Å²) in [4.78, 5) is -0.0202. The molecule has 3 aromatic carbocycles. The molecule has 1 aliphatic heterocycles. The Labute approximate surface area is 216 Å². The number of alkyl halides is 2. The van der Waals surface area contributed by atoms with E-state index in [0.29, 0.717) is 11.3 Å². The van der Waals surface area contributed by atoms with Crippen LogP contribution in [0.5, 0.6) is 0 Å². The summed E-state index contributed by atoms with van der Waals surface area (Å²) in [5, 5.41) is 21.0. The van der Waals surface area contributed by atoms with Gasteiger partial charge in [0, 0.05) is 18.4 Å². The number of anilines is 1. The van der Waals surface area contributed by atoms with Crippen molar-refractivity contribution in [2.75, 3.05) is 4.31 Å². The number of nitrogens with zero attached hydrogens (tertiary/aromatic N) is 3. The molecule has 0 aromatic heterocycles. The van der Waals surface area contributed by atoms with Crippen LogP contribution in [-0.4, -0.2) is 8.42 Å². The highest BCUT2D eigenvalue weighted by Gasteiger charge is 2.57. The van der Waals surface area contributed by atoms with Crippen LogP contribution >= 0.6 is 0 Å². The number of benzene rings is 3. The van der Waals surface area contributed by atoms with Crippen LogP contribution in [0, 0.1) is 41.9 Å². The van der Waals surface area contributed by atoms with E-state index in [0.717, 1.165) is 22.4 Å². The number of nitriles is 2. The van der Waals surface area contributed by atoms with Gasteiger partial charge in [-0.1, -0.05) is 65.7 Å². The Morgan fingerprint density at radius 2 is 1.54 bits per heavy atom. The van der Waals surface area contributed by atoms with Crippen LogP contribution in [0.4, 0.5) is 14.5 Å². The number of rotatable bonds is 5. The first-order valence-corrected chi connectivity index (χ1v) is 13.0. The first kappa shape index (κ1) is 26.1. The summed E-state index contributed by atoms with van der Waals surface area (Å²) in [7, 11) is -4.32. The van der Waals surface area contributed by atoms with Crippen LogP contribution in [0.1, 0.15) is 46.7 Å². The smallest absolute Gasteiger partial charge is 0.256 e. The van der Waals surface area contributed by atoms with E-state index >= 15 is 0 Å². The summed E-state index contributed by atoms with van der Waals surface area (Å²) < 4.78 is 57.5. The number of hydrogen-bond acceptors (Lipinski definition) is 4. The Morgan fingerprint density at radius 3 is 2.05 bits per heavy atom. The molecule has 1 heterocycles. The molecule has 5 nitrogen and oxygen atoms in total. The molecule has 0 saturated heterocycles. The zero-order valence-electron chi connectivity index (χ0n) is 20.6. The fraction of sp³-hybridized carbons (Fsp3) is 0.241. The Kier molecular flexibility index (Phi) is 6.44. The monoisotopic (exact) mass is 517 g/mol. The Morgan fingerprint density at radius 1 is 0.973 bits per heavy atom. The van der Waals surface area contributed by atoms with Gasteiger partial charge in [0.15, 0.2) is 5.41 Å². The van der Waals surface area contributed by atoms with E-state index in [1.807, 2.05) is 13.8 Å². The van der Waals surface area contributed by atoms with Crippen LogP contribution in [0.3, 0.4) is 0 Å². The summed E-state index contributed by atoms with van der Waals surface area (Å²) in [6.45, 7) is 8.28. The second-order valence-corrected chi connectivity index (χ2v) is 11.2. The van der Waals surface area contributed by atoms with Crippen molar-refractivity contribution in [2.45, 2.75) is 43.5 Å². The van der Waals surface area contributed by atoms with Crippen molar-refractivity contribution < 1.29 is 17.2 Å². The topological polar surface area (TPSA) is 85.0 Å². The van der Waals surface area contributed by atoms with E-state index in [1.165, 1.54) is 42.5 Å². The maximum absolute atomic E-state index is 14.2. The van der Waals surface area contributed by atoms with Gasteiger partial charge >= 0.3 is 0 Å². The standard InChI is InChI=1S/C29H25F2N3O2S/c1-5-25-24-16-20(3)8-15-26(24)34(37(35,36)23-13-6-19(2)7-14-23)27(29(25,17-32)18-33)21-9-11-22(12-10-21)28(4,30)31/h5-16,25,27H,1H2,2-4H3/t25-,27-/m1/s1. The Bertz CT molecular complexity index is 1530. The molecule has 4 rings (SSSR count). The highest BCUT2D eigenvalue weighted by molar-refractivity contribution is 7.92. The summed E-state index contributed by atoms with van der Waals surface area (Å²) in [6, 6.07) is 19.4. The zero-order chi connectivity index (χ0) is 27.2. The molecule has 0 saturated carbocycles. The summed E-state index contributed by atoms with van der Waals surface area (Å²) >= 11 is 0. The normalized spacial score (nSPS) is 18.8. The lowest BCUT2D eigenvalue weighted by Gasteiger charge is -2.47. The van der Waals surface area contributed by atoms with Gasteiger partial charge in [-0.15, -0.1) is 6.58 Å². The van der Waals surface area contributed by atoms with Crippen molar-refractivity contribution in [1.82, 2.24) is 0 Å². The van der Waals surface area contributed by atoms with E-state index in [4.69, 9.17) is 0 Å². The predicted molar refractivity (Wildman–Crippen MR) is 137 cm³/mol. The van der Waals surface area contributed by atoms with Gasteiger partial charge < -0.3 is 0 Å². The SMILES string of the molecule is C=C[C@@H]1c2cc(C)ccc2N(S(=O)(=O)c2ccc(C)cc2)[C@H](c2ccc(C(C)(F)F)cc2)C1(C#N)C#N. The highest BCUT2D eigenvalue weighted by Crippen LogP contribution is 2.58. The van der Waals surface area contributed by atoms with Crippen molar-refractivity contribution >= 4 is 15.7 Å². The molecule has 0 aliphatic carbocycles. The summed E-state index contributed by atoms with van der Waals surface area (Å²) in [5.74, 6) is -3.96. The van der Waals surface area contributed by atoms with Crippen LogP contribution in [0.2, 0.25) is 0 Å². The van der Waals surface area contributed by atoms with Crippen molar-refractivity contribution in [3.05, 3.63) is 107 Å². The van der Waals surface area contributed by atoms with Gasteiger partial charge in [0.25, 0.3) is 15.9 Å². The number of fused-ring (bicyclic) bond motifs is 1. The largest absolute Gasteiger partial charge is 0.270 e. The fourth-order valence-electron chi connectivity index (χ4n) is 4.91. The lowest BCUT2D eigenvalue weighted by atomic mass is 9.64. The third kappa shape index (κ3) is 4.18. The predicted octanol–water partition coefficient (Wildman–Crippen LogP) is 6.67. The van der Waals surface area contributed by atoms with Gasteiger partial charge in [0.05, 0.1) is 22.7 Å². The quantitative estimate of drug-likeness (QED) is 0.354. The number of allylic oxidation sites excluding steroid dienone is 1. The van der Waals surface area contributed by atoms with Gasteiger partial charge in [0.2, 0.25) is 0 Å². The molecule has 0 N–H and O–H groups in total. The van der Waals surface area contributed by atoms with Crippen LogP contribution in [0.25, 0.3) is 0 Å². The number of hydrogen-bond donors (Lipinski definition) is 0. The number of aryl methyl sites for hydroxylation is 2. The molecule has 3 aromatic rings. The van der Waals surface area contributed by atoms with Gasteiger partial charge in [-0.05, 0) is 43.2 Å². The first-order chi connectivity index (χ1) is 17.4. The Balaban J connectivity index is 2.10. The highest BCUT2D eigenvalue weighted by atomic mass is 32.2. The maximum atomic E-state index is 14.2. The third-order valence-electron chi connectivity index (χ3n) is 6.83. The van der Waals surface area contributed by atoms with Crippen molar-refractivity contribution in [1.29, 1.82) is 10.5 Å². The molecular formula is C29H25F2N3O2S. The number of sulfonamides is 1. The van der Waals surface area contributed by atoms with Gasteiger partial charge in [-0.25, -0.2) is 17.2 Å². The van der Waals surface area contributed by atoms with Crippen molar-refractivity contribution in [3.8, 4) is 12.1 Å². The van der Waals surface area contributed by atoms with E-state index < -0.39 is 33.3 Å². The molecular weight excluding hydrogens is 492 g/mol. The average molecular weight is 518 g/mol. The minimum absolute atomic E-state index is 0.0202. The van der Waals surface area contributed by atoms with Crippen LogP contribution in [0.15, 0.2) is 84.3 Å². The molecule has 1 aliphatic rings. The van der Waals surface area contributed by atoms with E-state index in [9.17, 15) is 27.7 Å². The molecule has 0 radical (unpaired) electrons. The van der Waals surface area contributed by atoms with Gasteiger partial charge in [-0.3, -0.25) is 4.31 Å². The summed E-state index contributed by atoms with van der Waals surface area (Å²) in [6.07, 6.45) is 1.47. The third-order valence-corrected chi connectivity index (χ3v) is 8.62. The second-order valence-electron chi connectivity index (χ2n) is 9.40. The molecule has 2 atom stereocenters. The lowest BCUT2D eigenvalue weighted by Crippen LogP contribution is -2.50. The molecule has 0 spiro atoms. The maximum Gasteiger partial charge on any atom is 0.270 e. The molecule has 37 heavy (non-hydrogen) atoms. The van der Waals surface area contributed by atoms with Crippen LogP contribution < -0.4 is 4.31 Å². The molecule has 0 fully saturated rings. The van der Waals surface area contributed by atoms with E-state index in [1.54, 1.807) is 30.3 Å². The van der Waals surface area contributed by atoms with E-state index in [-0.39, 0.29) is 16.0 Å². The Hall–Kier alpha value is -4.01. The van der Waals surface area contributed by atoms with Crippen molar-refractivity contribution in [3.63, 3.8) is 0 Å². The van der Waals surface area contributed by atoms with E-state index in [2.05, 4.69) is 18.7 Å². The first-order valence-electron chi connectivity index (χ1n) is 11.6. The molecule has 0 amide bonds. The molecule has 0 unspecified atom stereocenters. The van der Waals surface area contributed by atoms with Crippen molar-refractivity contribution in [2.24, 2.45) is 5.41 Å². The molecule has 0 bridgehead atoms. The molecule has 8 heteroatoms. The number of halogens is 2. The average Bonchev–Trinajstić information content (AvgIpc) is 2.86. The second kappa shape index (κ2) is 9.14. The van der Waals surface area contributed by atoms with Gasteiger partial charge in [0.1, 0.15) is 6.04 Å². The fourth-order valence-corrected chi connectivity index (χ4v) is 6.61. The zero-order valence-corrected chi connectivity index (χ0v) is 21.4.